The van der Waals surface area contributed by atoms with Gasteiger partial charge in [-0.2, -0.15) is 0 Å². The number of rotatable bonds is 9. The van der Waals surface area contributed by atoms with Gasteiger partial charge < -0.3 is 15.5 Å². The molecule has 6 nitrogen and oxygen atoms in total. The highest BCUT2D eigenvalue weighted by atomic mass is 16.4. The van der Waals surface area contributed by atoms with Gasteiger partial charge in [0.25, 0.3) is 0 Å². The summed E-state index contributed by atoms with van der Waals surface area (Å²) in [6.07, 6.45) is -0.0496. The van der Waals surface area contributed by atoms with E-state index in [1.54, 1.807) is 4.90 Å². The van der Waals surface area contributed by atoms with Gasteiger partial charge in [-0.3, -0.25) is 14.5 Å². The van der Waals surface area contributed by atoms with Crippen molar-refractivity contribution in [2.45, 2.75) is 13.0 Å². The largest absolute Gasteiger partial charge is 0.481 e. The number of carbonyl (C=O) groups is 2. The highest BCUT2D eigenvalue weighted by Crippen LogP contribution is 1.97. The standard InChI is InChI=1S/C14H20N2O4/c17-9-8-16(7-6-14(19)20)11-13(18)15-10-12-4-2-1-3-5-12/h1-5,17H,6-11H2,(H,15,18)(H,19,20). The summed E-state index contributed by atoms with van der Waals surface area (Å²) in [6.45, 7) is 0.943. The van der Waals surface area contributed by atoms with E-state index in [9.17, 15) is 9.59 Å². The summed E-state index contributed by atoms with van der Waals surface area (Å²) in [4.78, 5) is 23.9. The Morgan fingerprint density at radius 3 is 2.45 bits per heavy atom. The highest BCUT2D eigenvalue weighted by molar-refractivity contribution is 5.78. The van der Waals surface area contributed by atoms with E-state index in [1.165, 1.54) is 0 Å². The molecule has 1 aromatic carbocycles. The first-order valence-electron chi connectivity index (χ1n) is 6.47. The Morgan fingerprint density at radius 1 is 1.15 bits per heavy atom. The average molecular weight is 280 g/mol. The summed E-state index contributed by atoms with van der Waals surface area (Å²) < 4.78 is 0. The van der Waals surface area contributed by atoms with E-state index in [1.807, 2.05) is 30.3 Å². The van der Waals surface area contributed by atoms with Crippen LogP contribution < -0.4 is 5.32 Å². The Balaban J connectivity index is 2.35. The first kappa shape index (κ1) is 16.1. The lowest BCUT2D eigenvalue weighted by atomic mass is 10.2. The number of aliphatic hydroxyl groups excluding tert-OH is 1. The SMILES string of the molecule is O=C(O)CCN(CCO)CC(=O)NCc1ccccc1. The summed E-state index contributed by atoms with van der Waals surface area (Å²) >= 11 is 0. The van der Waals surface area contributed by atoms with Crippen LogP contribution in [0.5, 0.6) is 0 Å². The van der Waals surface area contributed by atoms with Crippen LogP contribution in [-0.2, 0) is 16.1 Å². The molecule has 0 saturated carbocycles. The molecule has 6 heteroatoms. The van der Waals surface area contributed by atoms with Gasteiger partial charge in [-0.15, -0.1) is 0 Å². The maximum atomic E-state index is 11.8. The maximum Gasteiger partial charge on any atom is 0.304 e. The van der Waals surface area contributed by atoms with Crippen molar-refractivity contribution in [2.24, 2.45) is 0 Å². The van der Waals surface area contributed by atoms with Gasteiger partial charge in [0.1, 0.15) is 0 Å². The van der Waals surface area contributed by atoms with Crippen LogP contribution in [0.1, 0.15) is 12.0 Å². The number of nitrogens with zero attached hydrogens (tertiary/aromatic N) is 1. The number of carboxylic acid groups (broad SMARTS) is 1. The van der Waals surface area contributed by atoms with Crippen LogP contribution in [0.15, 0.2) is 30.3 Å². The fraction of sp³-hybridized carbons (Fsp3) is 0.429. The first-order chi connectivity index (χ1) is 9.61. The Hall–Kier alpha value is -1.92. The topological polar surface area (TPSA) is 89.9 Å². The van der Waals surface area contributed by atoms with Crippen molar-refractivity contribution in [3.8, 4) is 0 Å². The van der Waals surface area contributed by atoms with Crippen molar-refractivity contribution in [1.29, 1.82) is 0 Å². The molecule has 0 fully saturated rings. The van der Waals surface area contributed by atoms with Crippen LogP contribution in [0, 0.1) is 0 Å². The molecule has 0 atom stereocenters. The Morgan fingerprint density at radius 2 is 1.85 bits per heavy atom. The first-order valence-corrected chi connectivity index (χ1v) is 6.47. The minimum atomic E-state index is -0.919. The van der Waals surface area contributed by atoms with Crippen molar-refractivity contribution < 1.29 is 19.8 Å². The smallest absolute Gasteiger partial charge is 0.304 e. The predicted octanol–water partition coefficient (Wildman–Crippen LogP) is 0.0718. The lowest BCUT2D eigenvalue weighted by Gasteiger charge is -2.19. The fourth-order valence-corrected chi connectivity index (χ4v) is 1.72. The fourth-order valence-electron chi connectivity index (χ4n) is 1.72. The number of carbonyl (C=O) groups excluding carboxylic acids is 1. The van der Waals surface area contributed by atoms with Crippen molar-refractivity contribution in [3.63, 3.8) is 0 Å². The number of nitrogens with one attached hydrogen (secondary N) is 1. The van der Waals surface area contributed by atoms with Gasteiger partial charge in [-0.05, 0) is 5.56 Å². The molecule has 0 aliphatic rings. The Kier molecular flexibility index (Phi) is 7.31. The van der Waals surface area contributed by atoms with Crippen molar-refractivity contribution in [2.75, 3.05) is 26.2 Å². The molecule has 110 valence electrons. The monoisotopic (exact) mass is 280 g/mol. The van der Waals surface area contributed by atoms with Crippen molar-refractivity contribution in [3.05, 3.63) is 35.9 Å². The van der Waals surface area contributed by atoms with Crippen molar-refractivity contribution >= 4 is 11.9 Å². The number of amides is 1. The molecule has 0 aliphatic carbocycles. The molecule has 0 spiro atoms. The normalized spacial score (nSPS) is 10.5. The van der Waals surface area contributed by atoms with Gasteiger partial charge in [-0.1, -0.05) is 30.3 Å². The minimum absolute atomic E-state index is 0.0496. The average Bonchev–Trinajstić information content (AvgIpc) is 2.44. The lowest BCUT2D eigenvalue weighted by Crippen LogP contribution is -2.39. The Labute approximate surface area is 118 Å². The highest BCUT2D eigenvalue weighted by Gasteiger charge is 2.11. The van der Waals surface area contributed by atoms with Crippen LogP contribution in [0.4, 0.5) is 0 Å². The van der Waals surface area contributed by atoms with E-state index < -0.39 is 5.97 Å². The molecular weight excluding hydrogens is 260 g/mol. The second kappa shape index (κ2) is 9.06. The van der Waals surface area contributed by atoms with Gasteiger partial charge in [0.05, 0.1) is 19.6 Å². The zero-order valence-corrected chi connectivity index (χ0v) is 11.3. The third-order valence-corrected chi connectivity index (χ3v) is 2.76. The zero-order chi connectivity index (χ0) is 14.8. The van der Waals surface area contributed by atoms with E-state index in [2.05, 4.69) is 5.32 Å². The number of benzene rings is 1. The molecule has 0 radical (unpaired) electrons. The molecule has 0 unspecified atom stereocenters. The van der Waals surface area contributed by atoms with Gasteiger partial charge in [0, 0.05) is 19.6 Å². The second-order valence-corrected chi connectivity index (χ2v) is 4.41. The lowest BCUT2D eigenvalue weighted by molar-refractivity contribution is -0.137. The third-order valence-electron chi connectivity index (χ3n) is 2.76. The number of hydrogen-bond donors (Lipinski definition) is 3. The van der Waals surface area contributed by atoms with Crippen molar-refractivity contribution in [1.82, 2.24) is 10.2 Å². The molecule has 20 heavy (non-hydrogen) atoms. The van der Waals surface area contributed by atoms with Gasteiger partial charge >= 0.3 is 5.97 Å². The van der Waals surface area contributed by atoms with E-state index in [4.69, 9.17) is 10.2 Å². The zero-order valence-electron chi connectivity index (χ0n) is 11.3. The predicted molar refractivity (Wildman–Crippen MR) is 74.1 cm³/mol. The van der Waals surface area contributed by atoms with Gasteiger partial charge in [0.2, 0.25) is 5.91 Å². The van der Waals surface area contributed by atoms with Gasteiger partial charge in [-0.25, -0.2) is 0 Å². The van der Waals surface area contributed by atoms with Crippen LogP contribution in [0.25, 0.3) is 0 Å². The molecule has 0 bridgehead atoms. The number of carboxylic acids is 1. The third kappa shape index (κ3) is 6.86. The van der Waals surface area contributed by atoms with E-state index in [0.29, 0.717) is 6.54 Å². The molecule has 1 aromatic rings. The van der Waals surface area contributed by atoms with Crippen LogP contribution >= 0.6 is 0 Å². The number of hydrogen-bond acceptors (Lipinski definition) is 4. The number of aliphatic carboxylic acids is 1. The molecule has 1 amide bonds. The molecule has 0 saturated heterocycles. The molecule has 0 heterocycles. The van der Waals surface area contributed by atoms with E-state index in [-0.39, 0.29) is 38.6 Å². The summed E-state index contributed by atoms with van der Waals surface area (Å²) in [6, 6.07) is 9.52. The quantitative estimate of drug-likeness (QED) is 0.595. The minimum Gasteiger partial charge on any atom is -0.481 e. The second-order valence-electron chi connectivity index (χ2n) is 4.41. The summed E-state index contributed by atoms with van der Waals surface area (Å²) in [5.41, 5.74) is 1.00. The molecule has 0 aromatic heterocycles. The summed E-state index contributed by atoms with van der Waals surface area (Å²) in [7, 11) is 0. The van der Waals surface area contributed by atoms with Crippen LogP contribution in [-0.4, -0.2) is 53.2 Å². The molecule has 3 N–H and O–H groups in total. The summed E-state index contributed by atoms with van der Waals surface area (Å²) in [5.74, 6) is -1.11. The van der Waals surface area contributed by atoms with E-state index in [0.717, 1.165) is 5.56 Å². The van der Waals surface area contributed by atoms with Crippen LogP contribution in [0.2, 0.25) is 0 Å². The van der Waals surface area contributed by atoms with E-state index >= 15 is 0 Å². The maximum absolute atomic E-state index is 11.8. The molecule has 1 rings (SSSR count). The Bertz CT molecular complexity index is 422. The molecule has 0 aliphatic heterocycles. The summed E-state index contributed by atoms with van der Waals surface area (Å²) in [5, 5.41) is 20.3. The van der Waals surface area contributed by atoms with Gasteiger partial charge in [0.15, 0.2) is 0 Å². The number of aliphatic hydroxyl groups is 1. The van der Waals surface area contributed by atoms with Crippen LogP contribution in [0.3, 0.4) is 0 Å². The molecular formula is C14H20N2O4.